The molecule has 0 bridgehead atoms. The van der Waals surface area contributed by atoms with Gasteiger partial charge in [-0.15, -0.1) is 11.3 Å². The average molecular weight is 369 g/mol. The largest absolute Gasteiger partial charge is 0.351 e. The standard InChI is InChI=1S/C20H23N3O2S/c21-10-11-22-19(24)16(14-6-2-1-3-7-14)13-23-20(25)18-12-15-8-4-5-9-17(15)26-18/h4-5,8-9,12,14,16H,1-3,6-7,11,13H2,(H,22,24)(H,23,25). The van der Waals surface area contributed by atoms with Crippen molar-refractivity contribution in [2.24, 2.45) is 11.8 Å². The molecule has 2 N–H and O–H groups in total. The highest BCUT2D eigenvalue weighted by molar-refractivity contribution is 7.20. The fourth-order valence-electron chi connectivity index (χ4n) is 3.65. The van der Waals surface area contributed by atoms with Crippen molar-refractivity contribution in [1.82, 2.24) is 10.6 Å². The van der Waals surface area contributed by atoms with Gasteiger partial charge in [0.1, 0.15) is 6.54 Å². The maximum absolute atomic E-state index is 12.6. The highest BCUT2D eigenvalue weighted by Crippen LogP contribution is 2.30. The summed E-state index contributed by atoms with van der Waals surface area (Å²) in [6.45, 7) is 0.321. The summed E-state index contributed by atoms with van der Waals surface area (Å²) in [5.41, 5.74) is 0. The Bertz CT molecular complexity index is 785. The number of nitriles is 1. The van der Waals surface area contributed by atoms with Gasteiger partial charge in [0.2, 0.25) is 5.91 Å². The van der Waals surface area contributed by atoms with Gasteiger partial charge >= 0.3 is 0 Å². The van der Waals surface area contributed by atoms with Crippen LogP contribution in [0.15, 0.2) is 30.3 Å². The van der Waals surface area contributed by atoms with Crippen LogP contribution in [0.25, 0.3) is 10.1 Å². The lowest BCUT2D eigenvalue weighted by Gasteiger charge is -2.29. The van der Waals surface area contributed by atoms with Gasteiger partial charge in [0.25, 0.3) is 5.91 Å². The lowest BCUT2D eigenvalue weighted by molar-refractivity contribution is -0.126. The van der Waals surface area contributed by atoms with Crippen molar-refractivity contribution in [3.05, 3.63) is 35.2 Å². The maximum Gasteiger partial charge on any atom is 0.261 e. The number of nitrogens with zero attached hydrogens (tertiary/aromatic N) is 1. The van der Waals surface area contributed by atoms with Gasteiger partial charge in [-0.3, -0.25) is 9.59 Å². The van der Waals surface area contributed by atoms with Gasteiger partial charge in [-0.2, -0.15) is 5.26 Å². The summed E-state index contributed by atoms with van der Waals surface area (Å²) in [7, 11) is 0. The normalized spacial score (nSPS) is 16.0. The number of nitrogens with one attached hydrogen (secondary N) is 2. The van der Waals surface area contributed by atoms with E-state index in [0.29, 0.717) is 11.4 Å². The molecular formula is C20H23N3O2S. The zero-order chi connectivity index (χ0) is 18.4. The van der Waals surface area contributed by atoms with E-state index in [1.807, 2.05) is 36.4 Å². The maximum atomic E-state index is 12.6. The zero-order valence-corrected chi connectivity index (χ0v) is 15.5. The summed E-state index contributed by atoms with van der Waals surface area (Å²) in [4.78, 5) is 25.7. The summed E-state index contributed by atoms with van der Waals surface area (Å²) >= 11 is 1.46. The summed E-state index contributed by atoms with van der Waals surface area (Å²) < 4.78 is 1.08. The van der Waals surface area contributed by atoms with E-state index < -0.39 is 0 Å². The molecule has 1 fully saturated rings. The van der Waals surface area contributed by atoms with E-state index in [0.717, 1.165) is 35.8 Å². The van der Waals surface area contributed by atoms with Crippen molar-refractivity contribution in [3.8, 4) is 6.07 Å². The Morgan fingerprint density at radius 3 is 2.69 bits per heavy atom. The number of amides is 2. The molecule has 0 radical (unpaired) electrons. The lowest BCUT2D eigenvalue weighted by atomic mass is 9.79. The van der Waals surface area contributed by atoms with Crippen LogP contribution in [0.1, 0.15) is 41.8 Å². The predicted molar refractivity (Wildman–Crippen MR) is 103 cm³/mol. The molecule has 1 aromatic carbocycles. The summed E-state index contributed by atoms with van der Waals surface area (Å²) in [6.07, 6.45) is 5.46. The first-order chi connectivity index (χ1) is 12.7. The van der Waals surface area contributed by atoms with E-state index in [4.69, 9.17) is 5.26 Å². The Hall–Kier alpha value is -2.39. The smallest absolute Gasteiger partial charge is 0.261 e. The first kappa shape index (κ1) is 18.4. The predicted octanol–water partition coefficient (Wildman–Crippen LogP) is 3.47. The number of rotatable bonds is 6. The molecule has 0 aliphatic heterocycles. The summed E-state index contributed by atoms with van der Waals surface area (Å²) in [5.74, 6) is -0.276. The molecule has 1 atom stereocenters. The van der Waals surface area contributed by atoms with Crippen LogP contribution in [0, 0.1) is 23.2 Å². The minimum atomic E-state index is -0.276. The van der Waals surface area contributed by atoms with Crippen LogP contribution >= 0.6 is 11.3 Å². The fourth-order valence-corrected chi connectivity index (χ4v) is 4.63. The molecule has 0 saturated heterocycles. The number of benzene rings is 1. The van der Waals surface area contributed by atoms with Crippen molar-refractivity contribution in [1.29, 1.82) is 5.26 Å². The van der Waals surface area contributed by atoms with Gasteiger partial charge in [0.15, 0.2) is 0 Å². The average Bonchev–Trinajstić information content (AvgIpc) is 3.11. The van der Waals surface area contributed by atoms with Crippen LogP contribution in [0.4, 0.5) is 0 Å². The first-order valence-corrected chi connectivity index (χ1v) is 9.92. The van der Waals surface area contributed by atoms with Gasteiger partial charge in [-0.05, 0) is 36.3 Å². The van der Waals surface area contributed by atoms with Gasteiger partial charge in [0, 0.05) is 11.2 Å². The SMILES string of the molecule is N#CCNC(=O)C(CNC(=O)c1cc2ccccc2s1)C1CCCCC1. The van der Waals surface area contributed by atoms with Crippen molar-refractivity contribution < 1.29 is 9.59 Å². The van der Waals surface area contributed by atoms with E-state index in [1.54, 1.807) is 0 Å². The van der Waals surface area contributed by atoms with E-state index in [9.17, 15) is 9.59 Å². The Kier molecular flexibility index (Phi) is 6.24. The third kappa shape index (κ3) is 4.41. The molecule has 1 aliphatic rings. The number of fused-ring (bicyclic) bond motifs is 1. The second-order valence-corrected chi connectivity index (χ2v) is 7.82. The molecule has 2 aromatic rings. The molecular weight excluding hydrogens is 346 g/mol. The quantitative estimate of drug-likeness (QED) is 0.765. The van der Waals surface area contributed by atoms with Crippen molar-refractivity contribution in [2.45, 2.75) is 32.1 Å². The van der Waals surface area contributed by atoms with E-state index in [2.05, 4.69) is 10.6 Å². The third-order valence-electron chi connectivity index (χ3n) is 5.03. The van der Waals surface area contributed by atoms with Crippen LogP contribution in [0.5, 0.6) is 0 Å². The van der Waals surface area contributed by atoms with Gasteiger partial charge < -0.3 is 10.6 Å². The Morgan fingerprint density at radius 2 is 1.96 bits per heavy atom. The number of hydrogen-bond donors (Lipinski definition) is 2. The number of carbonyl (C=O) groups excluding carboxylic acids is 2. The van der Waals surface area contributed by atoms with Crippen molar-refractivity contribution >= 4 is 33.2 Å². The number of thiophene rings is 1. The highest BCUT2D eigenvalue weighted by Gasteiger charge is 2.30. The molecule has 1 aromatic heterocycles. The topological polar surface area (TPSA) is 82.0 Å². The van der Waals surface area contributed by atoms with Crippen LogP contribution in [-0.4, -0.2) is 24.9 Å². The lowest BCUT2D eigenvalue weighted by Crippen LogP contribution is -2.43. The van der Waals surface area contributed by atoms with E-state index >= 15 is 0 Å². The first-order valence-electron chi connectivity index (χ1n) is 9.10. The molecule has 5 nitrogen and oxygen atoms in total. The molecule has 0 spiro atoms. The zero-order valence-electron chi connectivity index (χ0n) is 14.7. The van der Waals surface area contributed by atoms with E-state index in [-0.39, 0.29) is 30.2 Å². The minimum Gasteiger partial charge on any atom is -0.351 e. The Morgan fingerprint density at radius 1 is 1.19 bits per heavy atom. The van der Waals surface area contributed by atoms with Gasteiger partial charge in [-0.1, -0.05) is 37.5 Å². The summed E-state index contributed by atoms with van der Waals surface area (Å²) in [6, 6.07) is 11.7. The van der Waals surface area contributed by atoms with Crippen molar-refractivity contribution in [2.75, 3.05) is 13.1 Å². The van der Waals surface area contributed by atoms with Crippen LogP contribution in [0.3, 0.4) is 0 Å². The molecule has 2 amide bonds. The van der Waals surface area contributed by atoms with E-state index in [1.165, 1.54) is 17.8 Å². The molecule has 136 valence electrons. The number of hydrogen-bond acceptors (Lipinski definition) is 4. The second-order valence-electron chi connectivity index (χ2n) is 6.74. The van der Waals surface area contributed by atoms with Crippen LogP contribution in [-0.2, 0) is 4.79 Å². The van der Waals surface area contributed by atoms with Crippen LogP contribution in [0.2, 0.25) is 0 Å². The van der Waals surface area contributed by atoms with Gasteiger partial charge in [0.05, 0.1) is 16.9 Å². The fraction of sp³-hybridized carbons (Fsp3) is 0.450. The molecule has 26 heavy (non-hydrogen) atoms. The third-order valence-corrected chi connectivity index (χ3v) is 6.14. The number of carbonyl (C=O) groups is 2. The molecule has 1 unspecified atom stereocenters. The Labute approximate surface area is 157 Å². The highest BCUT2D eigenvalue weighted by atomic mass is 32.1. The molecule has 1 aliphatic carbocycles. The summed E-state index contributed by atoms with van der Waals surface area (Å²) in [5, 5.41) is 15.4. The second kappa shape index (κ2) is 8.81. The van der Waals surface area contributed by atoms with Gasteiger partial charge in [-0.25, -0.2) is 0 Å². The minimum absolute atomic E-state index is 0.00626. The van der Waals surface area contributed by atoms with Crippen LogP contribution < -0.4 is 10.6 Å². The molecule has 3 rings (SSSR count). The molecule has 6 heteroatoms. The monoisotopic (exact) mass is 369 g/mol. The van der Waals surface area contributed by atoms with Crippen molar-refractivity contribution in [3.63, 3.8) is 0 Å². The Balaban J connectivity index is 1.66. The molecule has 1 saturated carbocycles. The molecule has 1 heterocycles.